The third-order valence-electron chi connectivity index (χ3n) is 5.16. The number of hydrogen-bond acceptors (Lipinski definition) is 4. The molecule has 0 spiro atoms. The highest BCUT2D eigenvalue weighted by Gasteiger charge is 2.14. The predicted molar refractivity (Wildman–Crippen MR) is 113 cm³/mol. The molecule has 4 aromatic rings. The van der Waals surface area contributed by atoms with Crippen LogP contribution in [0, 0.1) is 6.92 Å². The first-order chi connectivity index (χ1) is 13.6. The lowest BCUT2D eigenvalue weighted by Gasteiger charge is -2.19. The van der Waals surface area contributed by atoms with Crippen molar-refractivity contribution >= 4 is 21.7 Å². The Morgan fingerprint density at radius 2 is 1.89 bits per heavy atom. The standard InChI is InChI=1S/C24H23NO3/c1-15-8-10-21(27-3)20(12-15)16(2)25-14-18-13-23(26)28-22-11-9-17-6-4-5-7-19(17)24(18)22/h4-13,16,25H,14H2,1-3H3. The molecule has 4 heteroatoms. The van der Waals surface area contributed by atoms with Crippen LogP contribution in [-0.2, 0) is 6.54 Å². The quantitative estimate of drug-likeness (QED) is 0.390. The summed E-state index contributed by atoms with van der Waals surface area (Å²) in [5, 5.41) is 6.73. The van der Waals surface area contributed by atoms with Crippen molar-refractivity contribution in [1.82, 2.24) is 5.32 Å². The van der Waals surface area contributed by atoms with Gasteiger partial charge in [-0.3, -0.25) is 0 Å². The second kappa shape index (κ2) is 7.49. The van der Waals surface area contributed by atoms with E-state index in [1.165, 1.54) is 5.56 Å². The molecule has 142 valence electrons. The first-order valence-electron chi connectivity index (χ1n) is 9.39. The zero-order chi connectivity index (χ0) is 19.7. The Hall–Kier alpha value is -3.11. The summed E-state index contributed by atoms with van der Waals surface area (Å²) >= 11 is 0. The average molecular weight is 373 g/mol. The predicted octanol–water partition coefficient (Wildman–Crippen LogP) is 5.11. The summed E-state index contributed by atoms with van der Waals surface area (Å²) in [7, 11) is 1.68. The van der Waals surface area contributed by atoms with E-state index in [-0.39, 0.29) is 11.7 Å². The molecule has 1 heterocycles. The maximum absolute atomic E-state index is 12.1. The topological polar surface area (TPSA) is 51.5 Å². The molecule has 4 rings (SSSR count). The van der Waals surface area contributed by atoms with Gasteiger partial charge in [0.15, 0.2) is 0 Å². The number of ether oxygens (including phenoxy) is 1. The van der Waals surface area contributed by atoms with E-state index in [1.54, 1.807) is 13.2 Å². The number of methoxy groups -OCH3 is 1. The van der Waals surface area contributed by atoms with Gasteiger partial charge in [0.1, 0.15) is 11.3 Å². The van der Waals surface area contributed by atoms with Crippen LogP contribution < -0.4 is 15.7 Å². The van der Waals surface area contributed by atoms with Crippen molar-refractivity contribution in [1.29, 1.82) is 0 Å². The van der Waals surface area contributed by atoms with E-state index >= 15 is 0 Å². The number of rotatable bonds is 5. The fourth-order valence-electron chi connectivity index (χ4n) is 3.72. The zero-order valence-corrected chi connectivity index (χ0v) is 16.3. The molecule has 0 aliphatic rings. The van der Waals surface area contributed by atoms with E-state index in [9.17, 15) is 4.79 Å². The third kappa shape index (κ3) is 3.39. The van der Waals surface area contributed by atoms with Crippen LogP contribution in [0.3, 0.4) is 0 Å². The van der Waals surface area contributed by atoms with Crippen molar-refractivity contribution < 1.29 is 9.15 Å². The highest BCUT2D eigenvalue weighted by atomic mass is 16.5. The molecule has 1 unspecified atom stereocenters. The summed E-state index contributed by atoms with van der Waals surface area (Å²) in [6.45, 7) is 4.72. The van der Waals surface area contributed by atoms with E-state index < -0.39 is 0 Å². The van der Waals surface area contributed by atoms with Crippen LogP contribution in [0.1, 0.15) is 29.7 Å². The van der Waals surface area contributed by atoms with Gasteiger partial charge in [0, 0.05) is 29.6 Å². The van der Waals surface area contributed by atoms with Crippen LogP contribution in [0.15, 0.2) is 69.9 Å². The van der Waals surface area contributed by atoms with E-state index in [2.05, 4.69) is 37.4 Å². The zero-order valence-electron chi connectivity index (χ0n) is 16.3. The van der Waals surface area contributed by atoms with E-state index in [0.717, 1.165) is 33.0 Å². The first kappa shape index (κ1) is 18.3. The number of hydrogen-bond donors (Lipinski definition) is 1. The molecule has 0 fully saturated rings. The van der Waals surface area contributed by atoms with Gasteiger partial charge in [-0.25, -0.2) is 4.79 Å². The summed E-state index contributed by atoms with van der Waals surface area (Å²) in [4.78, 5) is 12.1. The molecule has 0 amide bonds. The number of fused-ring (bicyclic) bond motifs is 3. The van der Waals surface area contributed by atoms with Crippen molar-refractivity contribution in [3.8, 4) is 5.75 Å². The Kier molecular flexibility index (Phi) is 4.88. The van der Waals surface area contributed by atoms with Gasteiger partial charge in [0.25, 0.3) is 0 Å². The fraction of sp³-hybridized carbons (Fsp3) is 0.208. The summed E-state index contributed by atoms with van der Waals surface area (Å²) in [6.07, 6.45) is 0. The average Bonchev–Trinajstić information content (AvgIpc) is 2.71. The van der Waals surface area contributed by atoms with Crippen LogP contribution in [0.2, 0.25) is 0 Å². The van der Waals surface area contributed by atoms with Gasteiger partial charge in [-0.15, -0.1) is 0 Å². The molecule has 1 aromatic heterocycles. The Balaban J connectivity index is 1.73. The monoisotopic (exact) mass is 373 g/mol. The van der Waals surface area contributed by atoms with E-state index in [1.807, 2.05) is 36.4 Å². The van der Waals surface area contributed by atoms with Gasteiger partial charge < -0.3 is 14.5 Å². The van der Waals surface area contributed by atoms with Crippen LogP contribution in [0.25, 0.3) is 21.7 Å². The van der Waals surface area contributed by atoms with Crippen molar-refractivity contribution in [3.05, 3.63) is 87.8 Å². The molecule has 0 saturated heterocycles. The van der Waals surface area contributed by atoms with Crippen LogP contribution in [0.5, 0.6) is 5.75 Å². The Labute approximate surface area is 163 Å². The summed E-state index contributed by atoms with van der Waals surface area (Å²) in [5.74, 6) is 0.855. The molecule has 3 aromatic carbocycles. The maximum Gasteiger partial charge on any atom is 0.336 e. The molecule has 1 atom stereocenters. The lowest BCUT2D eigenvalue weighted by atomic mass is 10.0. The van der Waals surface area contributed by atoms with Crippen LogP contribution in [-0.4, -0.2) is 7.11 Å². The van der Waals surface area contributed by atoms with E-state index in [0.29, 0.717) is 12.1 Å². The SMILES string of the molecule is COc1ccc(C)cc1C(C)NCc1cc(=O)oc2ccc3ccccc3c12. The third-order valence-corrected chi connectivity index (χ3v) is 5.16. The highest BCUT2D eigenvalue weighted by molar-refractivity contribution is 6.07. The van der Waals surface area contributed by atoms with Gasteiger partial charge >= 0.3 is 5.63 Å². The van der Waals surface area contributed by atoms with Crippen molar-refractivity contribution in [3.63, 3.8) is 0 Å². The molecule has 0 aliphatic carbocycles. The second-order valence-electron chi connectivity index (χ2n) is 7.10. The molecule has 0 saturated carbocycles. The molecule has 28 heavy (non-hydrogen) atoms. The van der Waals surface area contributed by atoms with Crippen molar-refractivity contribution in [2.24, 2.45) is 0 Å². The lowest BCUT2D eigenvalue weighted by molar-refractivity contribution is 0.401. The maximum atomic E-state index is 12.1. The summed E-state index contributed by atoms with van der Waals surface area (Å²) in [5.41, 5.74) is 3.49. The number of aryl methyl sites for hydroxylation is 1. The van der Waals surface area contributed by atoms with E-state index in [4.69, 9.17) is 9.15 Å². The molecule has 4 nitrogen and oxygen atoms in total. The Morgan fingerprint density at radius 1 is 1.07 bits per heavy atom. The summed E-state index contributed by atoms with van der Waals surface area (Å²) < 4.78 is 11.0. The molecular formula is C24H23NO3. The first-order valence-corrected chi connectivity index (χ1v) is 9.39. The van der Waals surface area contributed by atoms with Crippen molar-refractivity contribution in [2.75, 3.05) is 7.11 Å². The molecule has 1 N–H and O–H groups in total. The van der Waals surface area contributed by atoms with Gasteiger partial charge in [-0.05, 0) is 42.3 Å². The number of benzene rings is 3. The molecule has 0 radical (unpaired) electrons. The smallest absolute Gasteiger partial charge is 0.336 e. The van der Waals surface area contributed by atoms with Gasteiger partial charge in [-0.2, -0.15) is 0 Å². The minimum absolute atomic E-state index is 0.0622. The van der Waals surface area contributed by atoms with Gasteiger partial charge in [0.2, 0.25) is 0 Å². The number of nitrogens with one attached hydrogen (secondary N) is 1. The van der Waals surface area contributed by atoms with Crippen molar-refractivity contribution in [2.45, 2.75) is 26.4 Å². The largest absolute Gasteiger partial charge is 0.496 e. The van der Waals surface area contributed by atoms with Crippen LogP contribution >= 0.6 is 0 Å². The fourth-order valence-corrected chi connectivity index (χ4v) is 3.72. The minimum Gasteiger partial charge on any atom is -0.496 e. The molecular weight excluding hydrogens is 350 g/mol. The van der Waals surface area contributed by atoms with Gasteiger partial charge in [-0.1, -0.05) is 48.0 Å². The second-order valence-corrected chi connectivity index (χ2v) is 7.10. The molecule has 0 bridgehead atoms. The normalized spacial score (nSPS) is 12.4. The molecule has 0 aliphatic heterocycles. The lowest BCUT2D eigenvalue weighted by Crippen LogP contribution is -2.20. The Morgan fingerprint density at radius 3 is 2.71 bits per heavy atom. The van der Waals surface area contributed by atoms with Gasteiger partial charge in [0.05, 0.1) is 7.11 Å². The Bertz CT molecular complexity index is 1210. The highest BCUT2D eigenvalue weighted by Crippen LogP contribution is 2.29. The van der Waals surface area contributed by atoms with Crippen LogP contribution in [0.4, 0.5) is 0 Å². The summed E-state index contributed by atoms with van der Waals surface area (Å²) in [6, 6.07) is 19.8. The minimum atomic E-state index is -0.333.